The second-order valence-electron chi connectivity index (χ2n) is 5.77. The zero-order valence-corrected chi connectivity index (χ0v) is 13.6. The van der Waals surface area contributed by atoms with E-state index in [4.69, 9.17) is 9.84 Å². The van der Waals surface area contributed by atoms with Crippen molar-refractivity contribution in [3.63, 3.8) is 0 Å². The maximum atomic E-state index is 12.1. The number of rotatable bonds is 7. The van der Waals surface area contributed by atoms with Crippen molar-refractivity contribution in [3.05, 3.63) is 0 Å². The van der Waals surface area contributed by atoms with Gasteiger partial charge in [-0.2, -0.15) is 0 Å². The second kappa shape index (κ2) is 8.73. The van der Waals surface area contributed by atoms with Gasteiger partial charge in [0.15, 0.2) is 0 Å². The SMILES string of the molecule is CCC(C)OCC(=O)N(C)CC(=O)N1CCC(C(=O)O)CC1. The summed E-state index contributed by atoms with van der Waals surface area (Å²) in [7, 11) is 1.57. The summed E-state index contributed by atoms with van der Waals surface area (Å²) in [4.78, 5) is 37.9. The van der Waals surface area contributed by atoms with Crippen molar-refractivity contribution in [2.45, 2.75) is 39.2 Å². The van der Waals surface area contributed by atoms with Gasteiger partial charge in [0.05, 0.1) is 18.6 Å². The van der Waals surface area contributed by atoms with Gasteiger partial charge in [-0.25, -0.2) is 0 Å². The lowest BCUT2D eigenvalue weighted by Crippen LogP contribution is -2.46. The third kappa shape index (κ3) is 5.63. The number of carbonyl (C=O) groups excluding carboxylic acids is 2. The summed E-state index contributed by atoms with van der Waals surface area (Å²) in [5, 5.41) is 8.94. The fraction of sp³-hybridized carbons (Fsp3) is 0.800. The van der Waals surface area contributed by atoms with Gasteiger partial charge in [0, 0.05) is 20.1 Å². The van der Waals surface area contributed by atoms with E-state index in [0.717, 1.165) is 6.42 Å². The smallest absolute Gasteiger partial charge is 0.306 e. The quantitative estimate of drug-likeness (QED) is 0.743. The number of nitrogens with zero attached hydrogens (tertiary/aromatic N) is 2. The van der Waals surface area contributed by atoms with Crippen LogP contribution < -0.4 is 0 Å². The number of ether oxygens (including phenoxy) is 1. The first-order valence-corrected chi connectivity index (χ1v) is 7.71. The molecular weight excluding hydrogens is 288 g/mol. The lowest BCUT2D eigenvalue weighted by Gasteiger charge is -2.31. The van der Waals surface area contributed by atoms with Gasteiger partial charge in [0.1, 0.15) is 6.61 Å². The van der Waals surface area contributed by atoms with Gasteiger partial charge in [0.2, 0.25) is 11.8 Å². The Bertz CT molecular complexity index is 405. The molecule has 7 heteroatoms. The van der Waals surface area contributed by atoms with Gasteiger partial charge in [-0.1, -0.05) is 6.92 Å². The van der Waals surface area contributed by atoms with E-state index in [-0.39, 0.29) is 37.0 Å². The summed E-state index contributed by atoms with van der Waals surface area (Å²) in [6.45, 7) is 4.71. The number of piperidine rings is 1. The number of hydrogen-bond acceptors (Lipinski definition) is 4. The zero-order chi connectivity index (χ0) is 16.7. The van der Waals surface area contributed by atoms with Gasteiger partial charge < -0.3 is 19.6 Å². The molecule has 0 aromatic heterocycles. The predicted molar refractivity (Wildman–Crippen MR) is 80.3 cm³/mol. The standard InChI is InChI=1S/C15H26N2O5/c1-4-11(2)22-10-14(19)16(3)9-13(18)17-7-5-12(6-8-17)15(20)21/h11-12H,4-10H2,1-3H3,(H,20,21). The van der Waals surface area contributed by atoms with E-state index >= 15 is 0 Å². The van der Waals surface area contributed by atoms with Crippen LogP contribution in [-0.4, -0.2) is 72.1 Å². The van der Waals surface area contributed by atoms with Crippen LogP contribution in [-0.2, 0) is 19.1 Å². The largest absolute Gasteiger partial charge is 0.481 e. The minimum Gasteiger partial charge on any atom is -0.481 e. The number of likely N-dealkylation sites (N-methyl/N-ethyl adjacent to an activating group) is 1. The highest BCUT2D eigenvalue weighted by molar-refractivity contribution is 5.85. The van der Waals surface area contributed by atoms with E-state index < -0.39 is 5.97 Å². The van der Waals surface area contributed by atoms with Gasteiger partial charge in [0.25, 0.3) is 0 Å². The average molecular weight is 314 g/mol. The first kappa shape index (κ1) is 18.4. The normalized spacial score (nSPS) is 17.1. The van der Waals surface area contributed by atoms with Crippen LogP contribution in [0.5, 0.6) is 0 Å². The van der Waals surface area contributed by atoms with Crippen molar-refractivity contribution in [3.8, 4) is 0 Å². The number of carbonyl (C=O) groups is 3. The van der Waals surface area contributed by atoms with Gasteiger partial charge in [-0.05, 0) is 26.2 Å². The van der Waals surface area contributed by atoms with Gasteiger partial charge in [-0.3, -0.25) is 14.4 Å². The van der Waals surface area contributed by atoms with Crippen LogP contribution in [0.3, 0.4) is 0 Å². The van der Waals surface area contributed by atoms with Crippen LogP contribution >= 0.6 is 0 Å². The summed E-state index contributed by atoms with van der Waals surface area (Å²) >= 11 is 0. The third-order valence-electron chi connectivity index (χ3n) is 4.06. The first-order chi connectivity index (χ1) is 10.3. The first-order valence-electron chi connectivity index (χ1n) is 7.71. The molecule has 0 spiro atoms. The molecule has 1 saturated heterocycles. The monoisotopic (exact) mass is 314 g/mol. The Morgan fingerprint density at radius 3 is 2.41 bits per heavy atom. The molecule has 0 saturated carbocycles. The summed E-state index contributed by atoms with van der Waals surface area (Å²) in [5.74, 6) is -1.55. The van der Waals surface area contributed by atoms with Crippen LogP contribution in [0.1, 0.15) is 33.1 Å². The Balaban J connectivity index is 2.35. The molecule has 1 aliphatic rings. The van der Waals surface area contributed by atoms with E-state index in [0.29, 0.717) is 25.9 Å². The van der Waals surface area contributed by atoms with Crippen LogP contribution in [0.15, 0.2) is 0 Å². The highest BCUT2D eigenvalue weighted by Gasteiger charge is 2.27. The Hall–Kier alpha value is -1.63. The molecule has 0 aromatic carbocycles. The molecule has 7 nitrogen and oxygen atoms in total. The maximum Gasteiger partial charge on any atom is 0.306 e. The molecule has 0 aliphatic carbocycles. The molecule has 1 unspecified atom stereocenters. The molecule has 1 heterocycles. The molecule has 22 heavy (non-hydrogen) atoms. The van der Waals surface area contributed by atoms with Gasteiger partial charge >= 0.3 is 5.97 Å². The molecule has 0 radical (unpaired) electrons. The third-order valence-corrected chi connectivity index (χ3v) is 4.06. The average Bonchev–Trinajstić information content (AvgIpc) is 2.51. The van der Waals surface area contributed by atoms with Crippen LogP contribution in [0.2, 0.25) is 0 Å². The highest BCUT2D eigenvalue weighted by Crippen LogP contribution is 2.17. The second-order valence-corrected chi connectivity index (χ2v) is 5.77. The molecule has 1 atom stereocenters. The Labute approximate surface area is 131 Å². The molecule has 126 valence electrons. The highest BCUT2D eigenvalue weighted by atomic mass is 16.5. The van der Waals surface area contributed by atoms with E-state index in [2.05, 4.69) is 0 Å². The van der Waals surface area contributed by atoms with Crippen molar-refractivity contribution < 1.29 is 24.2 Å². The number of carboxylic acid groups (broad SMARTS) is 1. The number of hydrogen-bond donors (Lipinski definition) is 1. The van der Waals surface area contributed by atoms with E-state index in [1.54, 1.807) is 11.9 Å². The molecule has 1 fully saturated rings. The molecule has 1 rings (SSSR count). The van der Waals surface area contributed by atoms with Crippen molar-refractivity contribution in [2.75, 3.05) is 33.3 Å². The van der Waals surface area contributed by atoms with Crippen molar-refractivity contribution in [1.82, 2.24) is 9.80 Å². The predicted octanol–water partition coefficient (Wildman–Crippen LogP) is 0.583. The Morgan fingerprint density at radius 2 is 1.91 bits per heavy atom. The number of carboxylic acids is 1. The van der Waals surface area contributed by atoms with Crippen LogP contribution in [0, 0.1) is 5.92 Å². The molecule has 0 aromatic rings. The summed E-state index contributed by atoms with van der Waals surface area (Å²) < 4.78 is 5.36. The van der Waals surface area contributed by atoms with Crippen LogP contribution in [0.4, 0.5) is 0 Å². The minimum absolute atomic E-state index is 0.000434. The van der Waals surface area contributed by atoms with E-state index in [1.165, 1.54) is 4.90 Å². The summed E-state index contributed by atoms with van der Waals surface area (Å²) in [6, 6.07) is 0. The summed E-state index contributed by atoms with van der Waals surface area (Å²) in [5.41, 5.74) is 0. The fourth-order valence-electron chi connectivity index (χ4n) is 2.21. The maximum absolute atomic E-state index is 12.1. The lowest BCUT2D eigenvalue weighted by molar-refractivity contribution is -0.147. The summed E-state index contributed by atoms with van der Waals surface area (Å²) in [6.07, 6.45) is 1.78. The topological polar surface area (TPSA) is 87.2 Å². The molecule has 2 amide bonds. The number of aliphatic carboxylic acids is 1. The van der Waals surface area contributed by atoms with Crippen molar-refractivity contribution >= 4 is 17.8 Å². The molecular formula is C15H26N2O5. The molecule has 1 N–H and O–H groups in total. The number of likely N-dealkylation sites (tertiary alicyclic amines) is 1. The number of amides is 2. The van der Waals surface area contributed by atoms with Crippen molar-refractivity contribution in [1.29, 1.82) is 0 Å². The minimum atomic E-state index is -0.804. The zero-order valence-electron chi connectivity index (χ0n) is 13.6. The van der Waals surface area contributed by atoms with Crippen molar-refractivity contribution in [2.24, 2.45) is 5.92 Å². The van der Waals surface area contributed by atoms with Crippen LogP contribution in [0.25, 0.3) is 0 Å². The lowest BCUT2D eigenvalue weighted by atomic mass is 9.97. The molecule has 0 bridgehead atoms. The molecule has 1 aliphatic heterocycles. The Kier molecular flexibility index (Phi) is 7.31. The Morgan fingerprint density at radius 1 is 1.32 bits per heavy atom. The van der Waals surface area contributed by atoms with E-state index in [9.17, 15) is 14.4 Å². The van der Waals surface area contributed by atoms with E-state index in [1.807, 2.05) is 13.8 Å². The van der Waals surface area contributed by atoms with Gasteiger partial charge in [-0.15, -0.1) is 0 Å². The fourth-order valence-corrected chi connectivity index (χ4v) is 2.21.